The van der Waals surface area contributed by atoms with Crippen LogP contribution < -0.4 is 9.80 Å². The summed E-state index contributed by atoms with van der Waals surface area (Å²) in [6, 6.07) is 13.5. The Hall–Kier alpha value is -0.744. The summed E-state index contributed by atoms with van der Waals surface area (Å²) in [6.07, 6.45) is 4.43. The van der Waals surface area contributed by atoms with Crippen LogP contribution in [0.15, 0.2) is 48.8 Å². The minimum Gasteiger partial charge on any atom is -0.479 e. The molecule has 2 aromatic rings. The number of anilines is 2. The molecule has 1 aliphatic heterocycles. The van der Waals surface area contributed by atoms with Gasteiger partial charge in [-0.15, -0.1) is 6.67 Å². The van der Waals surface area contributed by atoms with E-state index in [0.29, 0.717) is 23.7 Å². The van der Waals surface area contributed by atoms with Gasteiger partial charge in [0.2, 0.25) is 0 Å². The molecule has 264 valence electrons. The van der Waals surface area contributed by atoms with Gasteiger partial charge in [-0.25, -0.2) is 0 Å². The number of nitrogens with zero attached hydrogens (tertiary/aromatic N) is 2. The summed E-state index contributed by atoms with van der Waals surface area (Å²) >= 11 is 0. The van der Waals surface area contributed by atoms with Crippen LogP contribution in [0.3, 0.4) is 0 Å². The number of rotatable bonds is 10. The summed E-state index contributed by atoms with van der Waals surface area (Å²) < 4.78 is 11.4. The van der Waals surface area contributed by atoms with E-state index in [1.54, 1.807) is 0 Å². The Labute approximate surface area is 305 Å². The van der Waals surface area contributed by atoms with Crippen molar-refractivity contribution in [3.05, 3.63) is 77.7 Å². The quantitative estimate of drug-likeness (QED) is 0.175. The molecule has 0 unspecified atom stereocenters. The first-order valence-corrected chi connectivity index (χ1v) is 28.5. The molecule has 1 aliphatic rings. The van der Waals surface area contributed by atoms with Gasteiger partial charge in [-0.2, -0.15) is 0 Å². The molecule has 0 spiro atoms. The Morgan fingerprint density at radius 2 is 0.761 bits per heavy atom. The third-order valence-corrected chi connectivity index (χ3v) is 15.0. The Morgan fingerprint density at radius 1 is 0.522 bits per heavy atom. The predicted octanol–water partition coefficient (Wildman–Crippen LogP) is 12.3. The maximum absolute atomic E-state index is 5.68. The van der Waals surface area contributed by atoms with Gasteiger partial charge in [0.25, 0.3) is 0 Å². The minimum atomic E-state index is -1.18. The summed E-state index contributed by atoms with van der Waals surface area (Å²) in [7, 11) is -3.21. The summed E-state index contributed by atoms with van der Waals surface area (Å²) in [5, 5.41) is 0. The second-order valence-electron chi connectivity index (χ2n) is 15.7. The van der Waals surface area contributed by atoms with Crippen LogP contribution >= 0.6 is 0 Å². The Morgan fingerprint density at radius 3 is 0.913 bits per heavy atom. The third-order valence-electron chi connectivity index (χ3n) is 6.86. The van der Waals surface area contributed by atoms with E-state index in [2.05, 4.69) is 186 Å². The van der Waals surface area contributed by atoms with Gasteiger partial charge in [0, 0.05) is 32.4 Å². The van der Waals surface area contributed by atoms with Crippen LogP contribution in [0.2, 0.25) is 65.5 Å². The molecule has 4 nitrogen and oxygen atoms in total. The summed E-state index contributed by atoms with van der Waals surface area (Å²) in [6.45, 7) is 42.6. The van der Waals surface area contributed by atoms with Gasteiger partial charge < -0.3 is 18.0 Å². The van der Waals surface area contributed by atoms with Gasteiger partial charge in [-0.1, -0.05) is 91.8 Å². The van der Waals surface area contributed by atoms with Crippen LogP contribution in [-0.2, 0) is 29.3 Å². The van der Waals surface area contributed by atoms with Gasteiger partial charge in [-0.3, -0.25) is 0 Å². The van der Waals surface area contributed by atoms with E-state index in [-0.39, 0.29) is 21.1 Å². The molecular formula is C37H67N2O2PtSi4-. The average Bonchev–Trinajstić information content (AvgIpc) is 3.35. The smallest absolute Gasteiger partial charge is 0.191 e. The second-order valence-corrected chi connectivity index (χ2v) is 29.4. The van der Waals surface area contributed by atoms with Crippen molar-refractivity contribution in [2.75, 3.05) is 9.80 Å². The fraction of sp³-hybridized carbons (Fsp3) is 0.595. The van der Waals surface area contributed by atoms with Crippen LogP contribution in [0.1, 0.15) is 101 Å². The molecular weight excluding hydrogens is 812 g/mol. The molecule has 2 aromatic carbocycles. The Bertz CT molecular complexity index is 1060. The molecule has 0 saturated carbocycles. The number of hydrogen-bond acceptors (Lipinski definition) is 4. The van der Waals surface area contributed by atoms with Crippen LogP contribution in [0.4, 0.5) is 11.4 Å². The van der Waals surface area contributed by atoms with E-state index in [1.807, 2.05) is 0 Å². The zero-order chi connectivity index (χ0) is 34.9. The van der Waals surface area contributed by atoms with Gasteiger partial charge >= 0.3 is 0 Å². The summed E-state index contributed by atoms with van der Waals surface area (Å²) in [4.78, 5) is 4.65. The van der Waals surface area contributed by atoms with Crippen LogP contribution in [-0.4, -0.2) is 34.7 Å². The molecule has 0 amide bonds. The molecule has 2 radical (unpaired) electrons. The Kier molecular flexibility index (Phi) is 19.7. The fourth-order valence-corrected chi connectivity index (χ4v) is 15.3. The summed E-state index contributed by atoms with van der Waals surface area (Å²) in [5.41, 5.74) is 8.29. The first kappa shape index (κ1) is 45.3. The molecule has 0 N–H and O–H groups in total. The van der Waals surface area contributed by atoms with Crippen LogP contribution in [0.5, 0.6) is 0 Å². The predicted molar refractivity (Wildman–Crippen MR) is 211 cm³/mol. The van der Waals surface area contributed by atoms with E-state index in [0.717, 1.165) is 0 Å². The Balaban J connectivity index is 0.000000986. The van der Waals surface area contributed by atoms with E-state index >= 15 is 0 Å². The number of benzene rings is 2. The van der Waals surface area contributed by atoms with E-state index in [1.165, 1.54) is 33.6 Å². The van der Waals surface area contributed by atoms with Crippen molar-refractivity contribution >= 4 is 46.1 Å². The molecule has 3 rings (SSSR count). The van der Waals surface area contributed by atoms with Gasteiger partial charge in [0.15, 0.2) is 34.7 Å². The molecule has 9 heteroatoms. The number of hydrogen-bond donors (Lipinski definition) is 0. The number of para-hydroxylation sites is 2. The fourth-order valence-electron chi connectivity index (χ4n) is 5.46. The van der Waals surface area contributed by atoms with Crippen LogP contribution in [0, 0.1) is 6.67 Å². The minimum absolute atomic E-state index is 0. The van der Waals surface area contributed by atoms with Crippen LogP contribution in [0.25, 0.3) is 0 Å². The molecule has 0 aromatic heterocycles. The average molecular weight is 879 g/mol. The summed E-state index contributed by atoms with van der Waals surface area (Å²) in [5.74, 6) is 1.92. The van der Waals surface area contributed by atoms with E-state index in [9.17, 15) is 0 Å². The largest absolute Gasteiger partial charge is 0.479 e. The van der Waals surface area contributed by atoms with Crippen molar-refractivity contribution in [3.63, 3.8) is 0 Å². The van der Waals surface area contributed by atoms with Crippen molar-refractivity contribution in [3.8, 4) is 0 Å². The standard InChI is InChI=1S/C27H37N2.2C5H15OSi2.Pt/c1-18(2)22-11-9-12-23(19(3)4)26(22)28-15-16-29(17-28)27-24(20(5)6)13-10-14-25(27)21(7)8;2*1-7(2)6-8(3,4)5;/h9-21H,1-8H3;2*1-5H3;/q-1;;;. The maximum atomic E-state index is 5.68. The third kappa shape index (κ3) is 15.6. The second kappa shape index (κ2) is 20.1. The SMILES string of the molecule is CC(C)c1cccc(C(C)C)c1N1C=CN(c2c(C(C)C)cccc2C(C)C)[CH-]1.C[Si](C)O[Si](C)(C)C.C[Si](C)O[Si](C)(C)C.[Pt]. The van der Waals surface area contributed by atoms with E-state index < -0.39 is 34.7 Å². The molecule has 0 atom stereocenters. The molecule has 0 saturated heterocycles. The monoisotopic (exact) mass is 878 g/mol. The van der Waals surface area contributed by atoms with Gasteiger partial charge in [-0.05, 0) is 124 Å². The molecule has 0 bridgehead atoms. The van der Waals surface area contributed by atoms with Crippen molar-refractivity contribution in [1.29, 1.82) is 0 Å². The maximum Gasteiger partial charge on any atom is 0.191 e. The van der Waals surface area contributed by atoms with Crippen molar-refractivity contribution in [2.24, 2.45) is 0 Å². The first-order valence-electron chi connectivity index (χ1n) is 16.9. The topological polar surface area (TPSA) is 24.9 Å². The zero-order valence-electron chi connectivity index (χ0n) is 32.5. The molecule has 1 heterocycles. The van der Waals surface area contributed by atoms with Crippen molar-refractivity contribution < 1.29 is 29.3 Å². The molecule has 0 aliphatic carbocycles. The van der Waals surface area contributed by atoms with E-state index in [4.69, 9.17) is 8.23 Å². The molecule has 46 heavy (non-hydrogen) atoms. The first-order chi connectivity index (χ1) is 20.6. The van der Waals surface area contributed by atoms with Gasteiger partial charge in [0.05, 0.1) is 0 Å². The normalized spacial score (nSPS) is 13.5. The zero-order valence-corrected chi connectivity index (χ0v) is 38.8. The van der Waals surface area contributed by atoms with Gasteiger partial charge in [0.1, 0.15) is 0 Å². The molecule has 0 fully saturated rings. The van der Waals surface area contributed by atoms with Crippen molar-refractivity contribution in [1.82, 2.24) is 0 Å². The van der Waals surface area contributed by atoms with Crippen molar-refractivity contribution in [2.45, 2.75) is 145 Å².